The van der Waals surface area contributed by atoms with Crippen molar-refractivity contribution in [2.24, 2.45) is 0 Å². The number of aliphatic hydroxyl groups excluding tert-OH is 1. The number of aliphatic hydroxyl groups is 1. The van der Waals surface area contributed by atoms with Crippen LogP contribution < -0.4 is 0 Å². The summed E-state index contributed by atoms with van der Waals surface area (Å²) in [5, 5.41) is 9.50. The lowest BCUT2D eigenvalue weighted by Gasteiger charge is -2.36. The van der Waals surface area contributed by atoms with Crippen LogP contribution in [0.1, 0.15) is 40.5 Å². The monoisotopic (exact) mass is 215 g/mol. The van der Waals surface area contributed by atoms with Gasteiger partial charge in [0.1, 0.15) is 5.60 Å². The molecule has 1 aliphatic heterocycles. The van der Waals surface area contributed by atoms with E-state index in [1.165, 1.54) is 0 Å². The van der Waals surface area contributed by atoms with Crippen LogP contribution >= 0.6 is 0 Å². The minimum Gasteiger partial charge on any atom is -0.444 e. The van der Waals surface area contributed by atoms with Crippen LogP contribution in [0.5, 0.6) is 0 Å². The summed E-state index contributed by atoms with van der Waals surface area (Å²) in [6, 6.07) is 0.156. The average Bonchev–Trinajstić information content (AvgIpc) is 2.06. The maximum Gasteiger partial charge on any atom is 0.410 e. The van der Waals surface area contributed by atoms with Gasteiger partial charge >= 0.3 is 6.09 Å². The molecule has 1 aliphatic rings. The Morgan fingerprint density at radius 1 is 1.40 bits per heavy atom. The zero-order valence-electron chi connectivity index (χ0n) is 9.99. The molecule has 1 fully saturated rings. The van der Waals surface area contributed by atoms with Gasteiger partial charge in [-0.1, -0.05) is 0 Å². The number of ether oxygens (including phenoxy) is 1. The topological polar surface area (TPSA) is 49.8 Å². The Balaban J connectivity index is 2.57. The Morgan fingerprint density at radius 2 is 2.00 bits per heavy atom. The fraction of sp³-hybridized carbons (Fsp3) is 0.909. The lowest BCUT2D eigenvalue weighted by Crippen LogP contribution is -2.49. The van der Waals surface area contributed by atoms with Crippen LogP contribution in [-0.2, 0) is 4.74 Å². The van der Waals surface area contributed by atoms with Crippen molar-refractivity contribution in [3.05, 3.63) is 0 Å². The predicted octanol–water partition coefficient (Wildman–Crippen LogP) is 1.77. The van der Waals surface area contributed by atoms with Crippen LogP contribution in [0, 0.1) is 0 Å². The van der Waals surface area contributed by atoms with Crippen molar-refractivity contribution in [2.75, 3.05) is 6.54 Å². The molecular formula is C11H21NO3. The van der Waals surface area contributed by atoms with E-state index in [1.54, 1.807) is 4.90 Å². The zero-order chi connectivity index (χ0) is 11.6. The molecule has 0 radical (unpaired) electrons. The maximum absolute atomic E-state index is 11.8. The van der Waals surface area contributed by atoms with Gasteiger partial charge in [-0.15, -0.1) is 0 Å². The Morgan fingerprint density at radius 3 is 2.53 bits per heavy atom. The fourth-order valence-electron chi connectivity index (χ4n) is 1.66. The van der Waals surface area contributed by atoms with Gasteiger partial charge in [0, 0.05) is 6.04 Å². The van der Waals surface area contributed by atoms with Crippen molar-refractivity contribution in [1.29, 1.82) is 0 Å². The van der Waals surface area contributed by atoms with E-state index in [0.717, 1.165) is 12.8 Å². The van der Waals surface area contributed by atoms with Crippen molar-refractivity contribution < 1.29 is 14.6 Å². The second kappa shape index (κ2) is 4.39. The number of nitrogens with zero attached hydrogens (tertiary/aromatic N) is 1. The second-order valence-electron chi connectivity index (χ2n) is 5.21. The molecule has 2 atom stereocenters. The summed E-state index contributed by atoms with van der Waals surface area (Å²) in [6.45, 7) is 7.90. The summed E-state index contributed by atoms with van der Waals surface area (Å²) < 4.78 is 5.27. The molecule has 0 unspecified atom stereocenters. The summed E-state index contributed by atoms with van der Waals surface area (Å²) in [5.74, 6) is 0. The third-order valence-electron chi connectivity index (χ3n) is 2.49. The van der Waals surface area contributed by atoms with Gasteiger partial charge in [0.25, 0.3) is 0 Å². The molecule has 0 spiro atoms. The molecule has 0 saturated carbocycles. The summed E-state index contributed by atoms with van der Waals surface area (Å²) in [7, 11) is 0. The van der Waals surface area contributed by atoms with Crippen LogP contribution in [0.2, 0.25) is 0 Å². The first-order valence-corrected chi connectivity index (χ1v) is 5.47. The largest absolute Gasteiger partial charge is 0.444 e. The lowest BCUT2D eigenvalue weighted by molar-refractivity contribution is -0.00987. The molecule has 88 valence electrons. The fourth-order valence-corrected chi connectivity index (χ4v) is 1.66. The summed E-state index contributed by atoms with van der Waals surface area (Å²) >= 11 is 0. The van der Waals surface area contributed by atoms with E-state index in [0.29, 0.717) is 6.54 Å². The van der Waals surface area contributed by atoms with Gasteiger partial charge in [-0.3, -0.25) is 0 Å². The third kappa shape index (κ3) is 3.70. The standard InChI is InChI=1S/C11H21NO3/c1-8-5-6-9(13)7-12(8)10(14)15-11(2,3)4/h8-9,13H,5-7H2,1-4H3/t8-,9+/m0/s1. The molecular weight excluding hydrogens is 194 g/mol. The predicted molar refractivity (Wildman–Crippen MR) is 57.6 cm³/mol. The van der Waals surface area contributed by atoms with Gasteiger partial charge in [-0.25, -0.2) is 4.79 Å². The smallest absolute Gasteiger partial charge is 0.410 e. The number of β-amino-alcohol motifs (C(OH)–C–C–N with tert-alkyl or cyclic N) is 1. The Kier molecular flexibility index (Phi) is 3.60. The molecule has 4 heteroatoms. The van der Waals surface area contributed by atoms with Gasteiger partial charge in [0.15, 0.2) is 0 Å². The van der Waals surface area contributed by atoms with Crippen molar-refractivity contribution in [3.63, 3.8) is 0 Å². The van der Waals surface area contributed by atoms with E-state index < -0.39 is 11.7 Å². The number of piperidine rings is 1. The molecule has 1 saturated heterocycles. The second-order valence-corrected chi connectivity index (χ2v) is 5.21. The number of carbonyl (C=O) groups excluding carboxylic acids is 1. The quantitative estimate of drug-likeness (QED) is 0.670. The van der Waals surface area contributed by atoms with Crippen LogP contribution in [0.15, 0.2) is 0 Å². The number of likely N-dealkylation sites (tertiary alicyclic amines) is 1. The highest BCUT2D eigenvalue weighted by Crippen LogP contribution is 2.20. The molecule has 15 heavy (non-hydrogen) atoms. The number of carbonyl (C=O) groups is 1. The van der Waals surface area contributed by atoms with E-state index in [4.69, 9.17) is 4.74 Å². The van der Waals surface area contributed by atoms with Gasteiger partial charge in [-0.05, 0) is 40.5 Å². The average molecular weight is 215 g/mol. The Hall–Kier alpha value is -0.770. The molecule has 0 aromatic carbocycles. The summed E-state index contributed by atoms with van der Waals surface area (Å²) in [5.41, 5.74) is -0.473. The van der Waals surface area contributed by atoms with Crippen LogP contribution in [0.3, 0.4) is 0 Å². The lowest BCUT2D eigenvalue weighted by atomic mass is 10.0. The maximum atomic E-state index is 11.8. The van der Waals surface area contributed by atoms with Gasteiger partial charge in [0.2, 0.25) is 0 Å². The van der Waals surface area contributed by atoms with E-state index in [1.807, 2.05) is 27.7 Å². The molecule has 0 aromatic heterocycles. The van der Waals surface area contributed by atoms with Crippen LogP contribution in [0.4, 0.5) is 4.79 Å². The van der Waals surface area contributed by atoms with E-state index in [-0.39, 0.29) is 12.1 Å². The molecule has 0 aliphatic carbocycles. The number of amides is 1. The van der Waals surface area contributed by atoms with E-state index >= 15 is 0 Å². The molecule has 1 N–H and O–H groups in total. The van der Waals surface area contributed by atoms with Crippen molar-refractivity contribution in [3.8, 4) is 0 Å². The zero-order valence-corrected chi connectivity index (χ0v) is 9.99. The molecule has 1 heterocycles. The highest BCUT2D eigenvalue weighted by molar-refractivity contribution is 5.68. The highest BCUT2D eigenvalue weighted by Gasteiger charge is 2.31. The number of rotatable bonds is 0. The molecule has 1 amide bonds. The van der Waals surface area contributed by atoms with Crippen molar-refractivity contribution in [2.45, 2.75) is 58.3 Å². The van der Waals surface area contributed by atoms with E-state index in [9.17, 15) is 9.90 Å². The molecule has 0 bridgehead atoms. The van der Waals surface area contributed by atoms with Crippen LogP contribution in [0.25, 0.3) is 0 Å². The van der Waals surface area contributed by atoms with E-state index in [2.05, 4.69) is 0 Å². The number of hydrogen-bond acceptors (Lipinski definition) is 3. The highest BCUT2D eigenvalue weighted by atomic mass is 16.6. The minimum atomic E-state index is -0.473. The molecule has 4 nitrogen and oxygen atoms in total. The SMILES string of the molecule is C[C@H]1CC[C@@H](O)CN1C(=O)OC(C)(C)C. The van der Waals surface area contributed by atoms with Crippen molar-refractivity contribution in [1.82, 2.24) is 4.90 Å². The Labute approximate surface area is 91.2 Å². The molecule has 0 aromatic rings. The summed E-state index contributed by atoms with van der Waals surface area (Å²) in [6.07, 6.45) is 0.864. The van der Waals surface area contributed by atoms with Gasteiger partial charge in [-0.2, -0.15) is 0 Å². The summed E-state index contributed by atoms with van der Waals surface area (Å²) in [4.78, 5) is 13.4. The first-order chi connectivity index (χ1) is 6.79. The first-order valence-electron chi connectivity index (χ1n) is 5.47. The van der Waals surface area contributed by atoms with Gasteiger partial charge < -0.3 is 14.7 Å². The molecule has 1 rings (SSSR count). The third-order valence-corrected chi connectivity index (χ3v) is 2.49. The van der Waals surface area contributed by atoms with Gasteiger partial charge in [0.05, 0.1) is 12.6 Å². The van der Waals surface area contributed by atoms with Crippen LogP contribution in [-0.4, -0.2) is 40.4 Å². The first kappa shape index (κ1) is 12.3. The number of hydrogen-bond donors (Lipinski definition) is 1. The van der Waals surface area contributed by atoms with Crippen molar-refractivity contribution >= 4 is 6.09 Å². The normalized spacial score (nSPS) is 27.7. The minimum absolute atomic E-state index is 0.156. The Bertz CT molecular complexity index is 234.